The van der Waals surface area contributed by atoms with E-state index >= 15 is 0 Å². The van der Waals surface area contributed by atoms with E-state index in [1.54, 1.807) is 12.1 Å². The first kappa shape index (κ1) is 18.3. The van der Waals surface area contributed by atoms with Crippen LogP contribution in [0.5, 0.6) is 5.75 Å². The molecule has 0 spiro atoms. The minimum absolute atomic E-state index is 0.132. The summed E-state index contributed by atoms with van der Waals surface area (Å²) in [5, 5.41) is 0. The molecule has 2 rings (SSSR count). The Kier molecular flexibility index (Phi) is 6.79. The maximum Gasteiger partial charge on any atom is 0.305 e. The Hall–Kier alpha value is -3.06. The topological polar surface area (TPSA) is 83.8 Å². The number of furan rings is 1. The van der Waals surface area contributed by atoms with Crippen molar-refractivity contribution in [1.29, 1.82) is 0 Å². The van der Waals surface area contributed by atoms with Gasteiger partial charge >= 0.3 is 5.91 Å². The quantitative estimate of drug-likeness (QED) is 0.563. The normalized spacial score (nSPS) is 10.3. The second kappa shape index (κ2) is 9.29. The van der Waals surface area contributed by atoms with Gasteiger partial charge in [-0.15, -0.1) is 0 Å². The molecule has 1 heterocycles. The van der Waals surface area contributed by atoms with Crippen LogP contribution in [-0.4, -0.2) is 36.9 Å². The van der Waals surface area contributed by atoms with Crippen molar-refractivity contribution in [1.82, 2.24) is 15.8 Å². The molecule has 0 atom stereocenters. The van der Waals surface area contributed by atoms with Gasteiger partial charge in [-0.3, -0.25) is 25.3 Å². The van der Waals surface area contributed by atoms with E-state index in [0.29, 0.717) is 13.2 Å². The van der Waals surface area contributed by atoms with Gasteiger partial charge < -0.3 is 9.15 Å². The molecule has 0 aliphatic carbocycles. The lowest BCUT2D eigenvalue weighted by Crippen LogP contribution is -2.45. The Labute approximate surface area is 146 Å². The highest BCUT2D eigenvalue weighted by Gasteiger charge is 2.11. The van der Waals surface area contributed by atoms with Crippen molar-refractivity contribution in [2.24, 2.45) is 0 Å². The van der Waals surface area contributed by atoms with Crippen LogP contribution >= 0.6 is 0 Å². The van der Waals surface area contributed by atoms with Gasteiger partial charge in [0.2, 0.25) is 0 Å². The molecule has 0 aliphatic rings. The number of rotatable bonds is 8. The van der Waals surface area contributed by atoms with E-state index in [4.69, 9.17) is 9.15 Å². The molecule has 0 unspecified atom stereocenters. The molecule has 2 N–H and O–H groups in total. The average molecular weight is 343 g/mol. The Morgan fingerprint density at radius 2 is 2.00 bits per heavy atom. The standard InChI is InChI=1S/C18H21N3O4/c1-3-10-24-15-8-6-14(7-9-15)12-21(2)13-17(22)19-20-18(23)16-5-4-11-25-16/h3-9,11H,1,10,12-13H2,2H3,(H,19,22)(H,20,23). The predicted octanol–water partition coefficient (Wildman–Crippen LogP) is 1.74. The van der Waals surface area contributed by atoms with Crippen LogP contribution in [0.15, 0.2) is 59.7 Å². The number of ether oxygens (including phenoxy) is 1. The summed E-state index contributed by atoms with van der Waals surface area (Å²) in [6.07, 6.45) is 3.07. The molecule has 0 saturated heterocycles. The van der Waals surface area contributed by atoms with E-state index in [0.717, 1.165) is 11.3 Å². The lowest BCUT2D eigenvalue weighted by Gasteiger charge is -2.16. The van der Waals surface area contributed by atoms with Crippen molar-refractivity contribution in [3.05, 3.63) is 66.6 Å². The third-order valence-corrected chi connectivity index (χ3v) is 3.22. The van der Waals surface area contributed by atoms with Crippen molar-refractivity contribution < 1.29 is 18.7 Å². The number of hydrazine groups is 1. The first-order chi connectivity index (χ1) is 12.1. The predicted molar refractivity (Wildman–Crippen MR) is 92.8 cm³/mol. The fourth-order valence-corrected chi connectivity index (χ4v) is 2.09. The summed E-state index contributed by atoms with van der Waals surface area (Å²) in [7, 11) is 1.82. The molecule has 7 heteroatoms. The number of likely N-dealkylation sites (N-methyl/N-ethyl adjacent to an activating group) is 1. The van der Waals surface area contributed by atoms with Gasteiger partial charge in [-0.25, -0.2) is 0 Å². The number of benzene rings is 1. The number of carbonyl (C=O) groups is 2. The molecule has 25 heavy (non-hydrogen) atoms. The van der Waals surface area contributed by atoms with Gasteiger partial charge in [0.1, 0.15) is 12.4 Å². The molecule has 132 valence electrons. The lowest BCUT2D eigenvalue weighted by molar-refractivity contribution is -0.122. The maximum atomic E-state index is 11.9. The van der Waals surface area contributed by atoms with Crippen LogP contribution in [0.1, 0.15) is 16.1 Å². The Morgan fingerprint density at radius 3 is 2.64 bits per heavy atom. The number of hydrogen-bond donors (Lipinski definition) is 2. The summed E-state index contributed by atoms with van der Waals surface area (Å²) in [6, 6.07) is 10.7. The Bertz CT molecular complexity index is 696. The van der Waals surface area contributed by atoms with Crippen molar-refractivity contribution in [2.75, 3.05) is 20.2 Å². The Balaban J connectivity index is 1.73. The zero-order chi connectivity index (χ0) is 18.1. The molecule has 0 radical (unpaired) electrons. The van der Waals surface area contributed by atoms with E-state index in [-0.39, 0.29) is 18.2 Å². The van der Waals surface area contributed by atoms with Crippen LogP contribution in [0.4, 0.5) is 0 Å². The third-order valence-electron chi connectivity index (χ3n) is 3.22. The van der Waals surface area contributed by atoms with Gasteiger partial charge in [0.05, 0.1) is 12.8 Å². The molecule has 2 aromatic rings. The molecule has 0 saturated carbocycles. The van der Waals surface area contributed by atoms with Crippen LogP contribution in [0, 0.1) is 0 Å². The van der Waals surface area contributed by atoms with E-state index in [1.165, 1.54) is 12.3 Å². The van der Waals surface area contributed by atoms with Gasteiger partial charge in [-0.2, -0.15) is 0 Å². The molecule has 1 aromatic carbocycles. The van der Waals surface area contributed by atoms with Crippen LogP contribution in [-0.2, 0) is 11.3 Å². The minimum atomic E-state index is -0.504. The fourth-order valence-electron chi connectivity index (χ4n) is 2.09. The lowest BCUT2D eigenvalue weighted by atomic mass is 10.2. The second-order valence-electron chi connectivity index (χ2n) is 5.40. The molecular weight excluding hydrogens is 322 g/mol. The van der Waals surface area contributed by atoms with Gasteiger partial charge in [0.25, 0.3) is 5.91 Å². The number of hydrogen-bond acceptors (Lipinski definition) is 5. The summed E-state index contributed by atoms with van der Waals surface area (Å²) >= 11 is 0. The summed E-state index contributed by atoms with van der Waals surface area (Å²) < 4.78 is 10.4. The minimum Gasteiger partial charge on any atom is -0.490 e. The van der Waals surface area contributed by atoms with E-state index in [9.17, 15) is 9.59 Å². The summed E-state index contributed by atoms with van der Waals surface area (Å²) in [6.45, 7) is 4.78. The molecule has 1 aromatic heterocycles. The zero-order valence-electron chi connectivity index (χ0n) is 14.0. The molecule has 0 aliphatic heterocycles. The van der Waals surface area contributed by atoms with E-state index in [2.05, 4.69) is 17.4 Å². The number of nitrogens with one attached hydrogen (secondary N) is 2. The third kappa shape index (κ3) is 6.15. The highest BCUT2D eigenvalue weighted by atomic mass is 16.5. The van der Waals surface area contributed by atoms with Gasteiger partial charge in [-0.1, -0.05) is 24.8 Å². The summed E-state index contributed by atoms with van der Waals surface area (Å²) in [5.41, 5.74) is 5.69. The first-order valence-corrected chi connectivity index (χ1v) is 7.72. The monoisotopic (exact) mass is 343 g/mol. The number of nitrogens with zero attached hydrogens (tertiary/aromatic N) is 1. The van der Waals surface area contributed by atoms with Crippen LogP contribution < -0.4 is 15.6 Å². The molecule has 0 fully saturated rings. The SMILES string of the molecule is C=CCOc1ccc(CN(C)CC(=O)NNC(=O)c2ccco2)cc1. The number of carbonyl (C=O) groups excluding carboxylic acids is 2. The van der Waals surface area contributed by atoms with Crippen molar-refractivity contribution >= 4 is 11.8 Å². The van der Waals surface area contributed by atoms with Crippen molar-refractivity contribution in [3.8, 4) is 5.75 Å². The number of amides is 2. The second-order valence-corrected chi connectivity index (χ2v) is 5.40. The highest BCUT2D eigenvalue weighted by Crippen LogP contribution is 2.13. The summed E-state index contributed by atoms with van der Waals surface area (Å²) in [5.74, 6) is 0.0709. The smallest absolute Gasteiger partial charge is 0.305 e. The molecule has 2 amide bonds. The highest BCUT2D eigenvalue weighted by molar-refractivity contribution is 5.93. The van der Waals surface area contributed by atoms with Crippen molar-refractivity contribution in [3.63, 3.8) is 0 Å². The van der Waals surface area contributed by atoms with Crippen LogP contribution in [0.25, 0.3) is 0 Å². The van der Waals surface area contributed by atoms with Gasteiger partial charge in [-0.05, 0) is 36.9 Å². The zero-order valence-corrected chi connectivity index (χ0v) is 14.0. The maximum absolute atomic E-state index is 11.9. The molecular formula is C18H21N3O4. The van der Waals surface area contributed by atoms with E-state index in [1.807, 2.05) is 36.2 Å². The first-order valence-electron chi connectivity index (χ1n) is 7.72. The summed E-state index contributed by atoms with van der Waals surface area (Å²) in [4.78, 5) is 25.3. The van der Waals surface area contributed by atoms with Crippen LogP contribution in [0.3, 0.4) is 0 Å². The van der Waals surface area contributed by atoms with Crippen molar-refractivity contribution in [2.45, 2.75) is 6.54 Å². The fraction of sp³-hybridized carbons (Fsp3) is 0.222. The average Bonchev–Trinajstić information content (AvgIpc) is 3.13. The molecule has 7 nitrogen and oxygen atoms in total. The Morgan fingerprint density at radius 1 is 1.24 bits per heavy atom. The van der Waals surface area contributed by atoms with E-state index < -0.39 is 5.91 Å². The van der Waals surface area contributed by atoms with Gasteiger partial charge in [0.15, 0.2) is 5.76 Å². The largest absolute Gasteiger partial charge is 0.490 e. The molecule has 0 bridgehead atoms. The van der Waals surface area contributed by atoms with Crippen LogP contribution in [0.2, 0.25) is 0 Å². The van der Waals surface area contributed by atoms with Gasteiger partial charge in [0, 0.05) is 6.54 Å².